The van der Waals surface area contributed by atoms with Gasteiger partial charge in [-0.15, -0.1) is 0 Å². The molecule has 1 unspecified atom stereocenters. The molecule has 0 radical (unpaired) electrons. The van der Waals surface area contributed by atoms with Crippen LogP contribution in [0.15, 0.2) is 0 Å². The standard InChI is InChI=1S/C22H41N3O3/c1-4-19(3)22(27)17-24-8-6-20(7-9-24)16-25-12-10-23(11-13-25)14-15-28-18-21(26)5-2/h19-20H,4-18H2,1-3H3. The number of nitrogens with zero attached hydrogens (tertiary/aromatic N) is 3. The zero-order valence-electron chi connectivity index (χ0n) is 18.3. The third-order valence-electron chi connectivity index (χ3n) is 6.44. The lowest BCUT2D eigenvalue weighted by atomic mass is 9.95. The summed E-state index contributed by atoms with van der Waals surface area (Å²) < 4.78 is 5.46. The Bertz CT molecular complexity index is 470. The number of rotatable bonds is 12. The number of ketones is 2. The fraction of sp³-hybridized carbons (Fsp3) is 0.909. The highest BCUT2D eigenvalue weighted by atomic mass is 16.5. The fourth-order valence-corrected chi connectivity index (χ4v) is 3.97. The van der Waals surface area contributed by atoms with Gasteiger partial charge in [-0.05, 0) is 38.3 Å². The van der Waals surface area contributed by atoms with Crippen molar-refractivity contribution in [1.29, 1.82) is 0 Å². The van der Waals surface area contributed by atoms with Crippen LogP contribution in [0, 0.1) is 11.8 Å². The number of Topliss-reactive ketones (excluding diaryl/α,β-unsaturated/α-hetero) is 2. The highest BCUT2D eigenvalue weighted by Crippen LogP contribution is 2.19. The maximum Gasteiger partial charge on any atom is 0.158 e. The normalized spacial score (nSPS) is 21.7. The van der Waals surface area contributed by atoms with E-state index in [2.05, 4.69) is 21.6 Å². The van der Waals surface area contributed by atoms with Gasteiger partial charge < -0.3 is 9.64 Å². The molecule has 162 valence electrons. The quantitative estimate of drug-likeness (QED) is 0.471. The molecule has 0 saturated carbocycles. The van der Waals surface area contributed by atoms with Crippen LogP contribution in [-0.2, 0) is 14.3 Å². The van der Waals surface area contributed by atoms with Gasteiger partial charge in [-0.1, -0.05) is 20.8 Å². The van der Waals surface area contributed by atoms with E-state index in [1.165, 1.54) is 19.4 Å². The third-order valence-corrected chi connectivity index (χ3v) is 6.44. The minimum atomic E-state index is 0.181. The highest BCUT2D eigenvalue weighted by molar-refractivity contribution is 5.82. The van der Waals surface area contributed by atoms with Crippen LogP contribution in [0.25, 0.3) is 0 Å². The van der Waals surface area contributed by atoms with E-state index in [0.29, 0.717) is 25.4 Å². The molecule has 28 heavy (non-hydrogen) atoms. The van der Waals surface area contributed by atoms with Crippen LogP contribution in [0.2, 0.25) is 0 Å². The predicted molar refractivity (Wildman–Crippen MR) is 113 cm³/mol. The van der Waals surface area contributed by atoms with Gasteiger partial charge in [-0.25, -0.2) is 0 Å². The highest BCUT2D eigenvalue weighted by Gasteiger charge is 2.25. The van der Waals surface area contributed by atoms with Crippen LogP contribution in [-0.4, -0.2) is 98.4 Å². The summed E-state index contributed by atoms with van der Waals surface area (Å²) in [6.45, 7) is 16.3. The molecular formula is C22H41N3O3. The van der Waals surface area contributed by atoms with Crippen molar-refractivity contribution in [3.63, 3.8) is 0 Å². The molecule has 2 fully saturated rings. The molecule has 0 amide bonds. The molecule has 2 aliphatic rings. The van der Waals surface area contributed by atoms with Crippen molar-refractivity contribution in [3.05, 3.63) is 0 Å². The van der Waals surface area contributed by atoms with E-state index in [-0.39, 0.29) is 18.3 Å². The van der Waals surface area contributed by atoms with Crippen molar-refractivity contribution in [1.82, 2.24) is 14.7 Å². The number of piperidine rings is 1. The van der Waals surface area contributed by atoms with Gasteiger partial charge in [0.05, 0.1) is 13.2 Å². The molecule has 2 aliphatic heterocycles. The van der Waals surface area contributed by atoms with Crippen molar-refractivity contribution < 1.29 is 14.3 Å². The Balaban J connectivity index is 1.55. The Morgan fingerprint density at radius 3 is 2.21 bits per heavy atom. The summed E-state index contributed by atoms with van der Waals surface area (Å²) in [5.41, 5.74) is 0. The van der Waals surface area contributed by atoms with Crippen molar-refractivity contribution in [2.45, 2.75) is 46.5 Å². The first-order chi connectivity index (χ1) is 13.5. The molecule has 2 rings (SSSR count). The Morgan fingerprint density at radius 2 is 1.61 bits per heavy atom. The zero-order valence-corrected chi connectivity index (χ0v) is 18.3. The largest absolute Gasteiger partial charge is 0.372 e. The second-order valence-electron chi connectivity index (χ2n) is 8.58. The molecule has 0 N–H and O–H groups in total. The van der Waals surface area contributed by atoms with E-state index in [4.69, 9.17) is 4.74 Å². The lowest BCUT2D eigenvalue weighted by molar-refractivity contribution is -0.124. The summed E-state index contributed by atoms with van der Waals surface area (Å²) >= 11 is 0. The van der Waals surface area contributed by atoms with Crippen LogP contribution in [0.4, 0.5) is 0 Å². The Hall–Kier alpha value is -0.820. The second-order valence-corrected chi connectivity index (χ2v) is 8.58. The third kappa shape index (κ3) is 8.27. The molecule has 0 spiro atoms. The minimum absolute atomic E-state index is 0.181. The monoisotopic (exact) mass is 395 g/mol. The number of carbonyl (C=O) groups is 2. The zero-order chi connectivity index (χ0) is 20.4. The molecule has 6 heteroatoms. The molecule has 0 aromatic heterocycles. The Kier molecular flexibility index (Phi) is 10.6. The van der Waals surface area contributed by atoms with Gasteiger partial charge in [0.1, 0.15) is 12.4 Å². The van der Waals surface area contributed by atoms with Crippen molar-refractivity contribution in [2.24, 2.45) is 11.8 Å². The van der Waals surface area contributed by atoms with Crippen LogP contribution >= 0.6 is 0 Å². The molecule has 0 aromatic rings. The first-order valence-electron chi connectivity index (χ1n) is 11.3. The van der Waals surface area contributed by atoms with Gasteiger partial charge in [0.25, 0.3) is 0 Å². The number of hydrogen-bond acceptors (Lipinski definition) is 6. The van der Waals surface area contributed by atoms with Gasteiger partial charge >= 0.3 is 0 Å². The minimum Gasteiger partial charge on any atom is -0.372 e. The molecular weight excluding hydrogens is 354 g/mol. The van der Waals surface area contributed by atoms with E-state index in [0.717, 1.165) is 58.2 Å². The summed E-state index contributed by atoms with van der Waals surface area (Å²) in [6.07, 6.45) is 3.94. The SMILES string of the molecule is CCC(=O)COCCN1CCN(CC2CCN(CC(=O)C(C)CC)CC2)CC1. The van der Waals surface area contributed by atoms with Crippen LogP contribution in [0.1, 0.15) is 46.5 Å². The maximum atomic E-state index is 12.1. The van der Waals surface area contributed by atoms with E-state index >= 15 is 0 Å². The summed E-state index contributed by atoms with van der Waals surface area (Å²) in [7, 11) is 0. The molecule has 0 aromatic carbocycles. The molecule has 1 atom stereocenters. The van der Waals surface area contributed by atoms with E-state index in [1.807, 2.05) is 13.8 Å². The van der Waals surface area contributed by atoms with Crippen LogP contribution in [0.5, 0.6) is 0 Å². The maximum absolute atomic E-state index is 12.1. The molecule has 2 heterocycles. The van der Waals surface area contributed by atoms with E-state index in [1.54, 1.807) is 0 Å². The van der Waals surface area contributed by atoms with Gasteiger partial charge in [-0.3, -0.25) is 19.4 Å². The lowest BCUT2D eigenvalue weighted by Crippen LogP contribution is -2.49. The van der Waals surface area contributed by atoms with Gasteiger partial charge in [-0.2, -0.15) is 0 Å². The van der Waals surface area contributed by atoms with Crippen molar-refractivity contribution >= 4 is 11.6 Å². The summed E-state index contributed by atoms with van der Waals surface area (Å²) in [5, 5.41) is 0. The number of ether oxygens (including phenoxy) is 1. The molecule has 0 bridgehead atoms. The number of likely N-dealkylation sites (tertiary alicyclic amines) is 1. The summed E-state index contributed by atoms with van der Waals surface area (Å²) in [5.74, 6) is 1.55. The molecule has 2 saturated heterocycles. The molecule has 6 nitrogen and oxygen atoms in total. The summed E-state index contributed by atoms with van der Waals surface area (Å²) in [4.78, 5) is 30.8. The van der Waals surface area contributed by atoms with Gasteiger partial charge in [0.2, 0.25) is 0 Å². The van der Waals surface area contributed by atoms with Gasteiger partial charge in [0.15, 0.2) is 5.78 Å². The Labute approximate surface area is 171 Å². The number of piperazine rings is 1. The smallest absolute Gasteiger partial charge is 0.158 e. The van der Waals surface area contributed by atoms with Crippen LogP contribution < -0.4 is 0 Å². The van der Waals surface area contributed by atoms with Gasteiger partial charge in [0, 0.05) is 51.6 Å². The fourth-order valence-electron chi connectivity index (χ4n) is 3.97. The summed E-state index contributed by atoms with van der Waals surface area (Å²) in [6, 6.07) is 0. The Morgan fingerprint density at radius 1 is 0.964 bits per heavy atom. The molecule has 0 aliphatic carbocycles. The lowest BCUT2D eigenvalue weighted by Gasteiger charge is -2.38. The second kappa shape index (κ2) is 12.7. The van der Waals surface area contributed by atoms with E-state index in [9.17, 15) is 9.59 Å². The average molecular weight is 396 g/mol. The number of carbonyl (C=O) groups excluding carboxylic acids is 2. The number of hydrogen-bond donors (Lipinski definition) is 0. The van der Waals surface area contributed by atoms with E-state index < -0.39 is 0 Å². The van der Waals surface area contributed by atoms with Crippen molar-refractivity contribution in [2.75, 3.05) is 72.1 Å². The van der Waals surface area contributed by atoms with Crippen LogP contribution in [0.3, 0.4) is 0 Å². The average Bonchev–Trinajstić information content (AvgIpc) is 2.72. The van der Waals surface area contributed by atoms with Crippen molar-refractivity contribution in [3.8, 4) is 0 Å². The topological polar surface area (TPSA) is 53.1 Å². The first kappa shape index (κ1) is 23.5. The predicted octanol–water partition coefficient (Wildman–Crippen LogP) is 1.93. The first-order valence-corrected chi connectivity index (χ1v) is 11.3.